The number of halogens is 2. The number of ether oxygens (including phenoxy) is 1. The van der Waals surface area contributed by atoms with Crippen molar-refractivity contribution in [3.63, 3.8) is 0 Å². The van der Waals surface area contributed by atoms with E-state index in [2.05, 4.69) is 21.2 Å². The molecule has 21 heavy (non-hydrogen) atoms. The van der Waals surface area contributed by atoms with Gasteiger partial charge in [0.2, 0.25) is 0 Å². The molecule has 0 aromatic heterocycles. The predicted octanol–water partition coefficient (Wildman–Crippen LogP) is 3.10. The summed E-state index contributed by atoms with van der Waals surface area (Å²) < 4.78 is 19.2. The van der Waals surface area contributed by atoms with Crippen LogP contribution >= 0.6 is 15.9 Å². The molecule has 2 aromatic carbocycles. The van der Waals surface area contributed by atoms with Crippen LogP contribution in [0.3, 0.4) is 0 Å². The number of benzene rings is 2. The fourth-order valence-electron chi connectivity index (χ4n) is 1.72. The first-order chi connectivity index (χ1) is 10.1. The fourth-order valence-corrected chi connectivity index (χ4v) is 2.13. The molecule has 2 aromatic rings. The van der Waals surface area contributed by atoms with Crippen LogP contribution < -0.4 is 10.1 Å². The average molecular weight is 354 g/mol. The van der Waals surface area contributed by atoms with Crippen LogP contribution in [-0.2, 0) is 11.4 Å². The molecule has 0 atom stereocenters. The first kappa shape index (κ1) is 15.5. The highest BCUT2D eigenvalue weighted by atomic mass is 79.9. The van der Waals surface area contributed by atoms with Gasteiger partial charge in [0.25, 0.3) is 5.91 Å². The molecule has 0 aliphatic carbocycles. The Bertz CT molecular complexity index is 649. The van der Waals surface area contributed by atoms with Crippen LogP contribution in [0.5, 0.6) is 5.75 Å². The summed E-state index contributed by atoms with van der Waals surface area (Å²) in [6.07, 6.45) is 0. The fraction of sp³-hybridized carbons (Fsp3) is 0.133. The van der Waals surface area contributed by atoms with Crippen molar-refractivity contribution in [2.75, 3.05) is 11.9 Å². The molecular formula is C15H13BrFNO3. The van der Waals surface area contributed by atoms with E-state index in [-0.39, 0.29) is 13.2 Å². The molecule has 0 heterocycles. The zero-order chi connectivity index (χ0) is 15.2. The molecule has 1 amide bonds. The third kappa shape index (κ3) is 4.54. The minimum Gasteiger partial charge on any atom is -0.483 e. The minimum absolute atomic E-state index is 0.194. The Hall–Kier alpha value is -1.92. The van der Waals surface area contributed by atoms with E-state index in [1.54, 1.807) is 24.3 Å². The molecule has 0 fully saturated rings. The lowest BCUT2D eigenvalue weighted by molar-refractivity contribution is -0.118. The summed E-state index contributed by atoms with van der Waals surface area (Å²) in [7, 11) is 0. The van der Waals surface area contributed by atoms with Gasteiger partial charge in [0.05, 0.1) is 6.61 Å². The Balaban J connectivity index is 1.95. The lowest BCUT2D eigenvalue weighted by atomic mass is 10.2. The van der Waals surface area contributed by atoms with Crippen LogP contribution in [-0.4, -0.2) is 17.6 Å². The van der Waals surface area contributed by atoms with E-state index in [1.807, 2.05) is 0 Å². The van der Waals surface area contributed by atoms with Crippen molar-refractivity contribution in [2.45, 2.75) is 6.61 Å². The SMILES string of the molecule is O=C(COc1ccc(Br)cc1CO)Nc1cccc(F)c1. The summed E-state index contributed by atoms with van der Waals surface area (Å²) in [6, 6.07) is 10.7. The van der Waals surface area contributed by atoms with E-state index in [0.29, 0.717) is 17.0 Å². The highest BCUT2D eigenvalue weighted by Gasteiger charge is 2.08. The summed E-state index contributed by atoms with van der Waals surface area (Å²) in [5.74, 6) is -0.410. The van der Waals surface area contributed by atoms with Crippen molar-refractivity contribution in [3.8, 4) is 5.75 Å². The second-order valence-corrected chi connectivity index (χ2v) is 5.17. The number of aliphatic hydroxyl groups excluding tert-OH is 1. The van der Waals surface area contributed by atoms with Crippen molar-refractivity contribution in [3.05, 3.63) is 58.3 Å². The molecule has 0 aliphatic heterocycles. The van der Waals surface area contributed by atoms with Gasteiger partial charge in [0.15, 0.2) is 6.61 Å². The van der Waals surface area contributed by atoms with E-state index >= 15 is 0 Å². The van der Waals surface area contributed by atoms with Gasteiger partial charge in [-0.05, 0) is 36.4 Å². The summed E-state index contributed by atoms with van der Waals surface area (Å²) in [4.78, 5) is 11.7. The molecule has 0 radical (unpaired) electrons. The lowest BCUT2D eigenvalue weighted by Gasteiger charge is -2.11. The predicted molar refractivity (Wildman–Crippen MR) is 80.6 cm³/mol. The number of aliphatic hydroxyl groups is 1. The van der Waals surface area contributed by atoms with Gasteiger partial charge < -0.3 is 15.2 Å². The van der Waals surface area contributed by atoms with Crippen LogP contribution in [0.25, 0.3) is 0 Å². The van der Waals surface area contributed by atoms with E-state index in [4.69, 9.17) is 4.74 Å². The molecule has 0 bridgehead atoms. The van der Waals surface area contributed by atoms with Crippen molar-refractivity contribution >= 4 is 27.5 Å². The standard InChI is InChI=1S/C15H13BrFNO3/c16-11-4-5-14(10(6-11)8-19)21-9-15(20)18-13-3-1-2-12(17)7-13/h1-7,19H,8-9H2,(H,18,20). The van der Waals surface area contributed by atoms with E-state index in [0.717, 1.165) is 4.47 Å². The maximum absolute atomic E-state index is 13.0. The molecule has 0 saturated carbocycles. The van der Waals surface area contributed by atoms with Gasteiger partial charge in [-0.3, -0.25) is 4.79 Å². The number of carbonyl (C=O) groups excluding carboxylic acids is 1. The topological polar surface area (TPSA) is 58.6 Å². The van der Waals surface area contributed by atoms with Gasteiger partial charge in [0.1, 0.15) is 11.6 Å². The first-order valence-electron chi connectivity index (χ1n) is 6.16. The Morgan fingerprint density at radius 1 is 1.29 bits per heavy atom. The van der Waals surface area contributed by atoms with Crippen LogP contribution in [0.1, 0.15) is 5.56 Å². The highest BCUT2D eigenvalue weighted by molar-refractivity contribution is 9.10. The number of nitrogens with one attached hydrogen (secondary N) is 1. The smallest absolute Gasteiger partial charge is 0.262 e. The molecule has 0 aliphatic rings. The number of hydrogen-bond acceptors (Lipinski definition) is 3. The van der Waals surface area contributed by atoms with Crippen LogP contribution in [0.15, 0.2) is 46.9 Å². The highest BCUT2D eigenvalue weighted by Crippen LogP contribution is 2.23. The molecule has 4 nitrogen and oxygen atoms in total. The first-order valence-corrected chi connectivity index (χ1v) is 6.95. The van der Waals surface area contributed by atoms with Crippen molar-refractivity contribution < 1.29 is 19.0 Å². The Morgan fingerprint density at radius 2 is 2.10 bits per heavy atom. The van der Waals surface area contributed by atoms with E-state index < -0.39 is 11.7 Å². The van der Waals surface area contributed by atoms with Crippen LogP contribution in [0.2, 0.25) is 0 Å². The van der Waals surface area contributed by atoms with Gasteiger partial charge in [0, 0.05) is 15.7 Å². The third-order valence-electron chi connectivity index (χ3n) is 2.66. The number of amides is 1. The summed E-state index contributed by atoms with van der Waals surface area (Å²) >= 11 is 3.29. The van der Waals surface area contributed by atoms with Gasteiger partial charge in [-0.2, -0.15) is 0 Å². The second kappa shape index (κ2) is 7.19. The van der Waals surface area contributed by atoms with Gasteiger partial charge in [-0.25, -0.2) is 4.39 Å². The Morgan fingerprint density at radius 3 is 2.81 bits per heavy atom. The van der Waals surface area contributed by atoms with Crippen LogP contribution in [0, 0.1) is 5.82 Å². The Labute approximate surface area is 129 Å². The largest absolute Gasteiger partial charge is 0.483 e. The van der Waals surface area contributed by atoms with Gasteiger partial charge in [-0.15, -0.1) is 0 Å². The molecule has 0 saturated heterocycles. The second-order valence-electron chi connectivity index (χ2n) is 4.26. The Kier molecular flexibility index (Phi) is 5.30. The molecular weight excluding hydrogens is 341 g/mol. The zero-order valence-electron chi connectivity index (χ0n) is 11.0. The quantitative estimate of drug-likeness (QED) is 0.868. The zero-order valence-corrected chi connectivity index (χ0v) is 12.6. The molecule has 6 heteroatoms. The van der Waals surface area contributed by atoms with Crippen molar-refractivity contribution in [1.82, 2.24) is 0 Å². The lowest BCUT2D eigenvalue weighted by Crippen LogP contribution is -2.20. The normalized spacial score (nSPS) is 10.2. The molecule has 110 valence electrons. The number of carbonyl (C=O) groups is 1. The number of rotatable bonds is 5. The maximum Gasteiger partial charge on any atom is 0.262 e. The molecule has 2 rings (SSSR count). The van der Waals surface area contributed by atoms with Gasteiger partial charge in [-0.1, -0.05) is 22.0 Å². The average Bonchev–Trinajstić information content (AvgIpc) is 2.45. The van der Waals surface area contributed by atoms with Gasteiger partial charge >= 0.3 is 0 Å². The van der Waals surface area contributed by atoms with E-state index in [1.165, 1.54) is 18.2 Å². The third-order valence-corrected chi connectivity index (χ3v) is 3.15. The molecule has 2 N–H and O–H groups in total. The van der Waals surface area contributed by atoms with E-state index in [9.17, 15) is 14.3 Å². The number of hydrogen-bond donors (Lipinski definition) is 2. The molecule has 0 unspecified atom stereocenters. The summed E-state index contributed by atoms with van der Waals surface area (Å²) in [5, 5.41) is 11.8. The maximum atomic E-state index is 13.0. The van der Waals surface area contributed by atoms with Crippen molar-refractivity contribution in [2.24, 2.45) is 0 Å². The van der Waals surface area contributed by atoms with Crippen molar-refractivity contribution in [1.29, 1.82) is 0 Å². The number of anilines is 1. The van der Waals surface area contributed by atoms with Crippen LogP contribution in [0.4, 0.5) is 10.1 Å². The summed E-state index contributed by atoms with van der Waals surface area (Å²) in [5.41, 5.74) is 0.935. The summed E-state index contributed by atoms with van der Waals surface area (Å²) in [6.45, 7) is -0.425. The minimum atomic E-state index is -0.427. The molecule has 0 spiro atoms. The monoisotopic (exact) mass is 353 g/mol.